The van der Waals surface area contributed by atoms with E-state index in [9.17, 15) is 14.7 Å². The normalized spacial score (nSPS) is 26.4. The molecule has 3 heterocycles. The molecule has 0 aromatic heterocycles. The number of aliphatic hydroxyl groups excluding tert-OH is 1. The molecule has 0 unspecified atom stereocenters. The van der Waals surface area contributed by atoms with Crippen molar-refractivity contribution in [3.63, 3.8) is 0 Å². The number of urea groups is 1. The minimum atomic E-state index is -1.20. The molecule has 27 heavy (non-hydrogen) atoms. The number of fused-ring (bicyclic) bond motifs is 1. The van der Waals surface area contributed by atoms with Gasteiger partial charge in [-0.2, -0.15) is 0 Å². The molecule has 0 radical (unpaired) electrons. The number of amides is 3. The second kappa shape index (κ2) is 6.99. The van der Waals surface area contributed by atoms with E-state index in [1.807, 2.05) is 0 Å². The number of hydrogen-bond donors (Lipinski definition) is 3. The third-order valence-electron chi connectivity index (χ3n) is 5.34. The first kappa shape index (κ1) is 18.0. The second-order valence-corrected chi connectivity index (χ2v) is 7.26. The minimum absolute atomic E-state index is 0.0326. The van der Waals surface area contributed by atoms with Crippen molar-refractivity contribution in [3.8, 4) is 11.5 Å². The zero-order valence-corrected chi connectivity index (χ0v) is 15.2. The van der Waals surface area contributed by atoms with Crippen molar-refractivity contribution < 1.29 is 33.8 Å². The molecule has 2 atom stereocenters. The quantitative estimate of drug-likeness (QED) is 0.537. The number of ether oxygens (including phenoxy) is 3. The van der Waals surface area contributed by atoms with Crippen LogP contribution >= 0.6 is 0 Å². The van der Waals surface area contributed by atoms with E-state index in [0.717, 1.165) is 18.0 Å². The summed E-state index contributed by atoms with van der Waals surface area (Å²) in [5.74, 6) is 0.771. The fraction of sp³-hybridized carbons (Fsp3) is 0.556. The van der Waals surface area contributed by atoms with Gasteiger partial charge in [0.15, 0.2) is 11.5 Å². The lowest BCUT2D eigenvalue weighted by Crippen LogP contribution is -3.15. The Morgan fingerprint density at radius 1 is 1.26 bits per heavy atom. The predicted molar refractivity (Wildman–Crippen MR) is 92.6 cm³/mol. The van der Waals surface area contributed by atoms with Gasteiger partial charge in [0.2, 0.25) is 6.79 Å². The lowest BCUT2D eigenvalue weighted by Gasteiger charge is -2.27. The lowest BCUT2D eigenvalue weighted by molar-refractivity contribution is -0.910. The molecule has 0 saturated carbocycles. The van der Waals surface area contributed by atoms with Crippen molar-refractivity contribution in [3.05, 3.63) is 23.8 Å². The van der Waals surface area contributed by atoms with Crippen LogP contribution in [0, 0.1) is 0 Å². The highest BCUT2D eigenvalue weighted by atomic mass is 16.7. The van der Waals surface area contributed by atoms with E-state index in [1.54, 1.807) is 25.1 Å². The van der Waals surface area contributed by atoms with Gasteiger partial charge in [0.1, 0.15) is 31.3 Å². The summed E-state index contributed by atoms with van der Waals surface area (Å²) in [4.78, 5) is 27.7. The highest BCUT2D eigenvalue weighted by Crippen LogP contribution is 2.37. The van der Waals surface area contributed by atoms with Gasteiger partial charge < -0.3 is 29.5 Å². The molecule has 0 spiro atoms. The molecule has 3 N–H and O–H groups in total. The van der Waals surface area contributed by atoms with Crippen molar-refractivity contribution in [1.82, 2.24) is 10.2 Å². The maximum Gasteiger partial charge on any atom is 0.325 e. The summed E-state index contributed by atoms with van der Waals surface area (Å²) in [5, 5.41) is 13.1. The number of morpholine rings is 1. The zero-order valence-electron chi connectivity index (χ0n) is 15.2. The second-order valence-electron chi connectivity index (χ2n) is 7.26. The molecule has 3 aliphatic rings. The maximum absolute atomic E-state index is 13.0. The Kier molecular flexibility index (Phi) is 4.67. The number of β-amino-alcohol motifs (C(OH)–C–C–N with tert-alkyl or cyclic N) is 1. The van der Waals surface area contributed by atoms with Crippen LogP contribution in [0.25, 0.3) is 0 Å². The van der Waals surface area contributed by atoms with Crippen LogP contribution in [0.15, 0.2) is 18.2 Å². The van der Waals surface area contributed by atoms with Gasteiger partial charge in [-0.05, 0) is 24.6 Å². The predicted octanol–water partition coefficient (Wildman–Crippen LogP) is -1.54. The van der Waals surface area contributed by atoms with E-state index in [1.165, 1.54) is 4.90 Å². The van der Waals surface area contributed by atoms with E-state index in [2.05, 4.69) is 5.32 Å². The van der Waals surface area contributed by atoms with Gasteiger partial charge in [-0.1, -0.05) is 6.07 Å². The van der Waals surface area contributed by atoms with Crippen molar-refractivity contribution in [1.29, 1.82) is 0 Å². The first-order valence-corrected chi connectivity index (χ1v) is 9.11. The number of nitrogens with zero attached hydrogens (tertiary/aromatic N) is 1. The average Bonchev–Trinajstić information content (AvgIpc) is 3.21. The summed E-state index contributed by atoms with van der Waals surface area (Å²) in [6.45, 7) is 5.18. The number of aliphatic hydroxyl groups is 1. The fourth-order valence-corrected chi connectivity index (χ4v) is 3.74. The first-order chi connectivity index (χ1) is 13.0. The number of carbonyl (C=O) groups excluding carboxylic acids is 2. The van der Waals surface area contributed by atoms with Crippen molar-refractivity contribution in [2.75, 3.05) is 46.2 Å². The Morgan fingerprint density at radius 3 is 2.78 bits per heavy atom. The van der Waals surface area contributed by atoms with E-state index in [4.69, 9.17) is 14.2 Å². The van der Waals surface area contributed by atoms with Gasteiger partial charge in [-0.25, -0.2) is 4.79 Å². The first-order valence-electron chi connectivity index (χ1n) is 9.11. The van der Waals surface area contributed by atoms with Gasteiger partial charge in [0, 0.05) is 0 Å². The van der Waals surface area contributed by atoms with Crippen molar-refractivity contribution in [2.45, 2.75) is 18.6 Å². The summed E-state index contributed by atoms with van der Waals surface area (Å²) in [5.41, 5.74) is -0.593. The van der Waals surface area contributed by atoms with Crippen LogP contribution in [0.2, 0.25) is 0 Å². The Balaban J connectivity index is 1.46. The molecule has 0 bridgehead atoms. The van der Waals surface area contributed by atoms with Crippen LogP contribution in [-0.4, -0.2) is 74.2 Å². The lowest BCUT2D eigenvalue weighted by atomic mass is 9.91. The van der Waals surface area contributed by atoms with Gasteiger partial charge in [-0.3, -0.25) is 9.69 Å². The third kappa shape index (κ3) is 3.33. The summed E-state index contributed by atoms with van der Waals surface area (Å²) in [7, 11) is 0. The zero-order chi connectivity index (χ0) is 19.0. The highest BCUT2D eigenvalue weighted by molar-refractivity contribution is 6.07. The van der Waals surface area contributed by atoms with Crippen LogP contribution in [0.1, 0.15) is 12.5 Å². The van der Waals surface area contributed by atoms with Gasteiger partial charge in [0.05, 0.1) is 19.8 Å². The summed E-state index contributed by atoms with van der Waals surface area (Å²) >= 11 is 0. The molecular weight excluding hydrogens is 354 g/mol. The number of imide groups is 1. The molecule has 9 heteroatoms. The number of nitrogens with one attached hydrogen (secondary N) is 2. The van der Waals surface area contributed by atoms with Crippen LogP contribution in [0.5, 0.6) is 11.5 Å². The Hall–Kier alpha value is -2.36. The van der Waals surface area contributed by atoms with Crippen molar-refractivity contribution in [2.24, 2.45) is 0 Å². The molecule has 1 aromatic rings. The molecule has 0 aliphatic carbocycles. The smallest absolute Gasteiger partial charge is 0.325 e. The average molecular weight is 378 g/mol. The van der Waals surface area contributed by atoms with E-state index >= 15 is 0 Å². The Bertz CT molecular complexity index is 751. The minimum Gasteiger partial charge on any atom is -0.454 e. The highest BCUT2D eigenvalue weighted by Gasteiger charge is 2.50. The van der Waals surface area contributed by atoms with Crippen LogP contribution in [0.4, 0.5) is 4.79 Å². The number of benzene rings is 1. The van der Waals surface area contributed by atoms with E-state index < -0.39 is 17.7 Å². The molecule has 4 rings (SSSR count). The van der Waals surface area contributed by atoms with Gasteiger partial charge >= 0.3 is 6.03 Å². The third-order valence-corrected chi connectivity index (χ3v) is 5.34. The number of carbonyl (C=O) groups is 2. The monoisotopic (exact) mass is 378 g/mol. The van der Waals surface area contributed by atoms with E-state index in [0.29, 0.717) is 36.8 Å². The molecule has 146 valence electrons. The summed E-state index contributed by atoms with van der Waals surface area (Å²) < 4.78 is 16.0. The molecule has 3 aliphatic heterocycles. The summed E-state index contributed by atoms with van der Waals surface area (Å²) in [6.07, 6.45) is -0.785. The standard InChI is InChI=1S/C18H23N3O6/c1-18(12-2-3-14-15(8-12)27-11-26-14)16(23)21(17(24)19-18)10-13(22)9-20-4-6-25-7-5-20/h2-3,8,13,22H,4-7,9-11H2,1H3,(H,19,24)/p+1/t13-,18+/m1/s1. The van der Waals surface area contributed by atoms with Crippen LogP contribution in [-0.2, 0) is 15.1 Å². The number of rotatable bonds is 5. The largest absolute Gasteiger partial charge is 0.454 e. The van der Waals surface area contributed by atoms with E-state index in [-0.39, 0.29) is 19.2 Å². The molecule has 3 amide bonds. The Morgan fingerprint density at radius 2 is 2.00 bits per heavy atom. The SMILES string of the molecule is C[C@@]1(c2ccc3c(c2)OCO3)NC(=O)N(C[C@H](O)C[NH+]2CCOCC2)C1=O. The van der Waals surface area contributed by atoms with Gasteiger partial charge in [0.25, 0.3) is 5.91 Å². The number of hydrogen-bond acceptors (Lipinski definition) is 6. The van der Waals surface area contributed by atoms with Crippen LogP contribution in [0.3, 0.4) is 0 Å². The molecule has 2 saturated heterocycles. The van der Waals surface area contributed by atoms with Crippen LogP contribution < -0.4 is 19.7 Å². The van der Waals surface area contributed by atoms with Crippen molar-refractivity contribution >= 4 is 11.9 Å². The molecule has 9 nitrogen and oxygen atoms in total. The molecular formula is C18H24N3O6+. The maximum atomic E-state index is 13.0. The summed E-state index contributed by atoms with van der Waals surface area (Å²) in [6, 6.07) is 4.67. The molecule has 2 fully saturated rings. The Labute approximate surface area is 156 Å². The fourth-order valence-electron chi connectivity index (χ4n) is 3.74. The number of quaternary nitrogens is 1. The molecule has 1 aromatic carbocycles. The topological polar surface area (TPSA) is 102 Å². The van der Waals surface area contributed by atoms with Gasteiger partial charge in [-0.15, -0.1) is 0 Å².